The highest BCUT2D eigenvalue weighted by Gasteiger charge is 2.28. The van der Waals surface area contributed by atoms with Gasteiger partial charge in [0.05, 0.1) is 19.8 Å². The smallest absolute Gasteiger partial charge is 0.462 e. The highest BCUT2D eigenvalue weighted by Crippen LogP contribution is 2.43. The molecule has 70 heavy (non-hydrogen) atoms. The van der Waals surface area contributed by atoms with E-state index in [2.05, 4.69) is 124 Å². The first-order valence-corrected chi connectivity index (χ1v) is 27.9. The fourth-order valence-corrected chi connectivity index (χ4v) is 7.24. The maximum Gasteiger partial charge on any atom is 0.472 e. The summed E-state index contributed by atoms with van der Waals surface area (Å²) in [6.45, 7) is 4.14. The summed E-state index contributed by atoms with van der Waals surface area (Å²) in [7, 11) is -4.78. The van der Waals surface area contributed by atoms with E-state index in [4.69, 9.17) is 23.3 Å². The minimum absolute atomic E-state index is 0.0472. The summed E-state index contributed by atoms with van der Waals surface area (Å²) in [5, 5.41) is 9.77. The topological polar surface area (TPSA) is 155 Å². The summed E-state index contributed by atoms with van der Waals surface area (Å²) in [6, 6.07) is 0. The number of allylic oxidation sites excluding steroid dienone is 20. The quantitative estimate of drug-likeness (QED) is 0.0197. The lowest BCUT2D eigenvalue weighted by Gasteiger charge is -2.21. The van der Waals surface area contributed by atoms with Crippen LogP contribution in [0.3, 0.4) is 0 Å². The van der Waals surface area contributed by atoms with E-state index in [1.165, 1.54) is 0 Å². The Labute approximate surface area is 424 Å². The van der Waals surface area contributed by atoms with Crippen LogP contribution in [0, 0.1) is 0 Å². The third-order valence-electron chi connectivity index (χ3n) is 10.4. The van der Waals surface area contributed by atoms with Crippen molar-refractivity contribution in [1.82, 2.24) is 0 Å². The molecule has 0 aromatic heterocycles. The van der Waals surface area contributed by atoms with E-state index in [-0.39, 0.29) is 25.9 Å². The second kappa shape index (κ2) is 51.2. The van der Waals surface area contributed by atoms with E-state index in [0.717, 1.165) is 128 Å². The van der Waals surface area contributed by atoms with Crippen molar-refractivity contribution in [2.45, 2.75) is 200 Å². The molecule has 12 heteroatoms. The lowest BCUT2D eigenvalue weighted by atomic mass is 10.1. The number of aliphatic hydroxyl groups is 1. The number of phosphoric acid groups is 1. The van der Waals surface area contributed by atoms with Crippen molar-refractivity contribution >= 4 is 25.7 Å². The second-order valence-electron chi connectivity index (χ2n) is 16.9. The molecule has 0 fully saturated rings. The number of aliphatic hydroxyl groups excluding tert-OH is 1. The molecule has 0 saturated carbocycles. The third kappa shape index (κ3) is 48.9. The van der Waals surface area contributed by atoms with Gasteiger partial charge >= 0.3 is 25.7 Å². The molecule has 0 aliphatic rings. The van der Waals surface area contributed by atoms with Gasteiger partial charge in [-0.2, -0.15) is 0 Å². The Morgan fingerprint density at radius 3 is 1.17 bits per heavy atom. The van der Waals surface area contributed by atoms with Crippen LogP contribution in [0.4, 0.5) is 0 Å². The van der Waals surface area contributed by atoms with Crippen molar-refractivity contribution in [3.05, 3.63) is 122 Å². The van der Waals surface area contributed by atoms with Crippen LogP contribution in [0.15, 0.2) is 122 Å². The van der Waals surface area contributed by atoms with Gasteiger partial charge in [-0.15, -0.1) is 0 Å². The predicted molar refractivity (Wildman–Crippen MR) is 288 cm³/mol. The average Bonchev–Trinajstić information content (AvgIpc) is 3.35. The van der Waals surface area contributed by atoms with Gasteiger partial charge in [-0.1, -0.05) is 181 Å². The van der Waals surface area contributed by atoms with E-state index in [9.17, 15) is 28.9 Å². The number of hydrogen-bond acceptors (Lipinski definition) is 10. The van der Waals surface area contributed by atoms with Crippen LogP contribution in [-0.4, -0.2) is 66.5 Å². The van der Waals surface area contributed by atoms with Gasteiger partial charge in [0.1, 0.15) is 12.7 Å². The molecule has 0 aromatic rings. The predicted octanol–water partition coefficient (Wildman–Crippen LogP) is 15.2. The average molecular weight is 997 g/mol. The van der Waals surface area contributed by atoms with Gasteiger partial charge in [0.2, 0.25) is 0 Å². The number of esters is 3. The lowest BCUT2D eigenvalue weighted by molar-refractivity contribution is -0.161. The van der Waals surface area contributed by atoms with Crippen molar-refractivity contribution in [3.8, 4) is 0 Å². The number of rotatable bonds is 47. The van der Waals surface area contributed by atoms with Gasteiger partial charge in [-0.05, 0) is 109 Å². The molecule has 0 aromatic carbocycles. The Kier molecular flexibility index (Phi) is 48.2. The lowest BCUT2D eigenvalue weighted by Crippen LogP contribution is -2.30. The van der Waals surface area contributed by atoms with Gasteiger partial charge in [0, 0.05) is 19.3 Å². The van der Waals surface area contributed by atoms with Gasteiger partial charge in [-0.25, -0.2) is 4.57 Å². The van der Waals surface area contributed by atoms with Crippen molar-refractivity contribution in [2.24, 2.45) is 0 Å². The highest BCUT2D eigenvalue weighted by molar-refractivity contribution is 7.47. The molecule has 0 amide bonds. The Balaban J connectivity index is 4.87. The SMILES string of the molecule is CC/C=C\C/C=C\C/C=C\C/C=C\CCC(=O)OC(CO)COP(=O)(O)OCC(COC(=O)CCCCC/C=C\C/C=C\C/C=C\CC)OC(=O)CCCCCCCCC/C=C\C/C=C\C/C=C\CC. The molecule has 0 bridgehead atoms. The van der Waals surface area contributed by atoms with E-state index in [1.54, 1.807) is 0 Å². The number of hydrogen-bond donors (Lipinski definition) is 2. The molecule has 0 aliphatic carbocycles. The Bertz CT molecular complexity index is 1630. The van der Waals surface area contributed by atoms with Crippen LogP contribution in [-0.2, 0) is 42.2 Å². The second-order valence-corrected chi connectivity index (χ2v) is 18.3. The number of ether oxygens (including phenoxy) is 3. The van der Waals surface area contributed by atoms with Crippen LogP contribution in [0.1, 0.15) is 188 Å². The zero-order chi connectivity index (χ0) is 51.3. The van der Waals surface area contributed by atoms with E-state index in [0.29, 0.717) is 19.3 Å². The Morgan fingerprint density at radius 2 is 0.729 bits per heavy atom. The maximum atomic E-state index is 12.9. The summed E-state index contributed by atoms with van der Waals surface area (Å²) in [5.74, 6) is -1.61. The zero-order valence-corrected chi connectivity index (χ0v) is 44.3. The number of carbonyl (C=O) groups excluding carboxylic acids is 3. The molecule has 0 aliphatic heterocycles. The molecule has 0 spiro atoms. The van der Waals surface area contributed by atoms with E-state index < -0.39 is 57.8 Å². The van der Waals surface area contributed by atoms with E-state index >= 15 is 0 Å². The van der Waals surface area contributed by atoms with Crippen LogP contribution >= 0.6 is 7.82 Å². The Hall–Kier alpha value is -4.12. The van der Waals surface area contributed by atoms with Crippen molar-refractivity contribution in [1.29, 1.82) is 0 Å². The van der Waals surface area contributed by atoms with Crippen LogP contribution in [0.5, 0.6) is 0 Å². The summed E-state index contributed by atoms with van der Waals surface area (Å²) in [6.07, 6.45) is 61.9. The molecular weight excluding hydrogens is 904 g/mol. The molecule has 0 radical (unpaired) electrons. The van der Waals surface area contributed by atoms with Gasteiger partial charge in [0.25, 0.3) is 0 Å². The first kappa shape index (κ1) is 65.9. The van der Waals surface area contributed by atoms with Crippen LogP contribution in [0.25, 0.3) is 0 Å². The molecule has 0 rings (SSSR count). The molecule has 0 heterocycles. The minimum atomic E-state index is -4.78. The molecular formula is C58H93O11P. The standard InChI is InChI=1S/C58H93O11P/c1-4-7-10-13-16-19-22-25-26-27-28-31-34-37-40-43-46-49-58(62)69-55(51-65-56(60)47-44-41-38-35-32-29-23-20-17-14-11-8-5-2)53-67-70(63,64)66-52-54(50-59)68-57(61)48-45-42-39-36-33-30-24-21-18-15-12-9-6-3/h7-12,16-21,25-26,29-30,32-33,39,42,54-55,59H,4-6,13-15,22-24,27-28,31,34-38,40-41,43-53H2,1-3H3,(H,63,64)/b10-7-,11-8-,12-9-,19-16-,20-17-,21-18-,26-25-,32-29-,33-30-,42-39-. The van der Waals surface area contributed by atoms with Gasteiger partial charge in [-0.3, -0.25) is 23.4 Å². The molecule has 3 unspecified atom stereocenters. The molecule has 2 N–H and O–H groups in total. The largest absolute Gasteiger partial charge is 0.472 e. The van der Waals surface area contributed by atoms with Crippen molar-refractivity contribution < 1.29 is 52.2 Å². The zero-order valence-electron chi connectivity index (χ0n) is 43.4. The molecule has 3 atom stereocenters. The summed E-state index contributed by atoms with van der Waals surface area (Å²) < 4.78 is 39.3. The van der Waals surface area contributed by atoms with Crippen LogP contribution in [0.2, 0.25) is 0 Å². The van der Waals surface area contributed by atoms with Crippen molar-refractivity contribution in [3.63, 3.8) is 0 Å². The maximum absolute atomic E-state index is 12.9. The monoisotopic (exact) mass is 997 g/mol. The first-order valence-electron chi connectivity index (χ1n) is 26.4. The third-order valence-corrected chi connectivity index (χ3v) is 11.3. The molecule has 0 saturated heterocycles. The number of unbranched alkanes of at least 4 members (excludes halogenated alkanes) is 10. The highest BCUT2D eigenvalue weighted by atomic mass is 31.2. The normalized spacial score (nSPS) is 14.4. The van der Waals surface area contributed by atoms with E-state index in [1.807, 2.05) is 18.2 Å². The summed E-state index contributed by atoms with van der Waals surface area (Å²) >= 11 is 0. The number of carbonyl (C=O) groups is 3. The summed E-state index contributed by atoms with van der Waals surface area (Å²) in [4.78, 5) is 48.3. The number of phosphoric ester groups is 1. The molecule has 11 nitrogen and oxygen atoms in total. The first-order chi connectivity index (χ1) is 34.2. The minimum Gasteiger partial charge on any atom is -0.462 e. The van der Waals surface area contributed by atoms with Crippen molar-refractivity contribution in [2.75, 3.05) is 26.4 Å². The van der Waals surface area contributed by atoms with Crippen LogP contribution < -0.4 is 0 Å². The Morgan fingerprint density at radius 1 is 0.400 bits per heavy atom. The van der Waals surface area contributed by atoms with Gasteiger partial charge < -0.3 is 24.2 Å². The summed E-state index contributed by atoms with van der Waals surface area (Å²) in [5.41, 5.74) is 0. The van der Waals surface area contributed by atoms with Gasteiger partial charge in [0.15, 0.2) is 6.10 Å². The fraction of sp³-hybridized carbons (Fsp3) is 0.603. The molecule has 396 valence electrons. The fourth-order valence-electron chi connectivity index (χ4n) is 6.46.